The predicted molar refractivity (Wildman–Crippen MR) is 275 cm³/mol. The second-order valence-electron chi connectivity index (χ2n) is 19.4. The maximum atomic E-state index is 7.11. The van der Waals surface area contributed by atoms with Crippen molar-refractivity contribution < 1.29 is 8.83 Å². The fourth-order valence-corrected chi connectivity index (χ4v) is 11.1. The Morgan fingerprint density at radius 2 is 1.19 bits per heavy atom. The summed E-state index contributed by atoms with van der Waals surface area (Å²) in [7, 11) is 0.744. The highest BCUT2D eigenvalue weighted by Crippen LogP contribution is 2.51. The van der Waals surface area contributed by atoms with Crippen LogP contribution >= 0.6 is 11.3 Å². The summed E-state index contributed by atoms with van der Waals surface area (Å²) in [6, 6.07) is 59.5. The quantitative estimate of drug-likeness (QED) is 0.175. The second-order valence-corrected chi connectivity index (χ2v) is 20.5. The van der Waals surface area contributed by atoms with Crippen LogP contribution < -0.4 is 20.5 Å². The average molecular weight is 847 g/mol. The van der Waals surface area contributed by atoms with Crippen molar-refractivity contribution in [3.8, 4) is 22.3 Å². The highest BCUT2D eigenvalue weighted by atomic mass is 32.1. The van der Waals surface area contributed by atoms with Gasteiger partial charge in [0.05, 0.1) is 22.4 Å². The number of fused-ring (bicyclic) bond motifs is 10. The van der Waals surface area contributed by atoms with Gasteiger partial charge >= 0.3 is 0 Å². The molecule has 0 atom stereocenters. The van der Waals surface area contributed by atoms with Gasteiger partial charge in [-0.1, -0.05) is 145 Å². The van der Waals surface area contributed by atoms with Crippen LogP contribution in [0, 0.1) is 0 Å². The zero-order valence-electron chi connectivity index (χ0n) is 37.0. The molecule has 0 amide bonds. The molecular formula is C58H47BN2O2S. The Hall–Kier alpha value is -7.02. The van der Waals surface area contributed by atoms with Crippen LogP contribution in [-0.2, 0) is 10.8 Å². The molecule has 0 aliphatic carbocycles. The van der Waals surface area contributed by atoms with E-state index in [0.29, 0.717) is 0 Å². The van der Waals surface area contributed by atoms with Crippen molar-refractivity contribution in [1.82, 2.24) is 0 Å². The second kappa shape index (κ2) is 14.3. The van der Waals surface area contributed by atoms with E-state index in [1.807, 2.05) is 17.4 Å². The van der Waals surface area contributed by atoms with E-state index in [4.69, 9.17) is 8.83 Å². The Kier molecular flexibility index (Phi) is 8.60. The van der Waals surface area contributed by atoms with Gasteiger partial charge in [-0.3, -0.25) is 0 Å². The van der Waals surface area contributed by atoms with Crippen molar-refractivity contribution in [2.75, 3.05) is 10.2 Å². The summed E-state index contributed by atoms with van der Waals surface area (Å²) in [5.74, 6) is 0. The molecule has 8 aromatic carbocycles. The van der Waals surface area contributed by atoms with Crippen LogP contribution in [0.25, 0.3) is 76.2 Å². The molecule has 0 fully saturated rings. The molecule has 310 valence electrons. The summed E-state index contributed by atoms with van der Waals surface area (Å²) in [5.41, 5.74) is 17.4. The van der Waals surface area contributed by atoms with E-state index in [9.17, 15) is 0 Å². The largest absolute Gasteiger partial charge is 0.456 e. The molecule has 0 saturated carbocycles. The Morgan fingerprint density at radius 1 is 0.531 bits per heavy atom. The highest BCUT2D eigenvalue weighted by Gasteiger charge is 2.35. The maximum Gasteiger partial charge on any atom is 0.211 e. The number of rotatable bonds is 5. The molecular weight excluding hydrogens is 800 g/mol. The lowest BCUT2D eigenvalue weighted by Crippen LogP contribution is -2.39. The minimum atomic E-state index is -0.0382. The molecule has 0 saturated heterocycles. The first-order chi connectivity index (χ1) is 31.0. The molecule has 0 spiro atoms. The van der Waals surface area contributed by atoms with Crippen LogP contribution in [0.3, 0.4) is 0 Å². The third kappa shape index (κ3) is 6.11. The average Bonchev–Trinajstić information content (AvgIpc) is 3.99. The minimum Gasteiger partial charge on any atom is -0.456 e. The van der Waals surface area contributed by atoms with E-state index in [0.717, 1.165) is 85.0 Å². The van der Waals surface area contributed by atoms with Crippen LogP contribution in [-0.4, -0.2) is 7.28 Å². The van der Waals surface area contributed by atoms with Crippen molar-refractivity contribution in [3.05, 3.63) is 175 Å². The van der Waals surface area contributed by atoms with Crippen LogP contribution in [0.5, 0.6) is 0 Å². The smallest absolute Gasteiger partial charge is 0.211 e. The summed E-state index contributed by atoms with van der Waals surface area (Å²) < 4.78 is 16.3. The number of furan rings is 2. The number of nitrogens with zero attached hydrogens (tertiary/aromatic N) is 1. The van der Waals surface area contributed by atoms with Crippen molar-refractivity contribution in [2.45, 2.75) is 52.4 Å². The summed E-state index contributed by atoms with van der Waals surface area (Å²) in [6.07, 6.45) is 0. The van der Waals surface area contributed by atoms with Crippen molar-refractivity contribution in [1.29, 1.82) is 0 Å². The molecule has 0 radical (unpaired) electrons. The first kappa shape index (κ1) is 38.6. The van der Waals surface area contributed by atoms with Gasteiger partial charge in [-0.15, -0.1) is 11.3 Å². The number of benzene rings is 8. The number of hydrogen-bond acceptors (Lipinski definition) is 5. The lowest BCUT2D eigenvalue weighted by Gasteiger charge is -2.35. The lowest BCUT2D eigenvalue weighted by atomic mass is 9.61. The van der Waals surface area contributed by atoms with Crippen LogP contribution in [0.4, 0.5) is 28.4 Å². The topological polar surface area (TPSA) is 41.6 Å². The first-order valence-electron chi connectivity index (χ1n) is 22.3. The van der Waals surface area contributed by atoms with Crippen molar-refractivity contribution >= 4 is 111 Å². The summed E-state index contributed by atoms with van der Waals surface area (Å²) >= 11 is 1.90. The summed E-state index contributed by atoms with van der Waals surface area (Å²) in [4.78, 5) is 2.58. The Balaban J connectivity index is 1.21. The van der Waals surface area contributed by atoms with E-state index < -0.39 is 0 Å². The Morgan fingerprint density at radius 3 is 1.94 bits per heavy atom. The third-order valence-corrected chi connectivity index (χ3v) is 14.4. The van der Waals surface area contributed by atoms with Gasteiger partial charge in [0, 0.05) is 54.3 Å². The molecule has 6 heteroatoms. The van der Waals surface area contributed by atoms with E-state index in [1.54, 1.807) is 0 Å². The molecule has 4 heterocycles. The fraction of sp³-hybridized carbons (Fsp3) is 0.138. The Bertz CT molecular complexity index is 3640. The van der Waals surface area contributed by atoms with E-state index in [1.165, 1.54) is 48.3 Å². The number of para-hydroxylation sites is 2. The van der Waals surface area contributed by atoms with Crippen molar-refractivity contribution in [3.63, 3.8) is 0 Å². The first-order valence-corrected chi connectivity index (χ1v) is 23.1. The van der Waals surface area contributed by atoms with Gasteiger partial charge in [-0.25, -0.2) is 0 Å². The summed E-state index contributed by atoms with van der Waals surface area (Å²) in [5, 5.41) is 9.56. The molecule has 1 aliphatic heterocycles. The van der Waals surface area contributed by atoms with Gasteiger partial charge in [0.15, 0.2) is 0 Å². The number of hydrogen-bond donors (Lipinski definition) is 1. The molecule has 1 N–H and O–H groups in total. The zero-order valence-corrected chi connectivity index (χ0v) is 37.8. The molecule has 0 bridgehead atoms. The molecule has 11 aromatic rings. The van der Waals surface area contributed by atoms with Gasteiger partial charge < -0.3 is 19.1 Å². The highest BCUT2D eigenvalue weighted by molar-refractivity contribution is 7.29. The van der Waals surface area contributed by atoms with Crippen LogP contribution in [0.1, 0.15) is 52.7 Å². The molecule has 12 rings (SSSR count). The van der Waals surface area contributed by atoms with E-state index in [-0.39, 0.29) is 10.8 Å². The van der Waals surface area contributed by atoms with Crippen LogP contribution in [0.15, 0.2) is 173 Å². The standard InChI is InChI=1S/C58H47BN2O2S/c1-57(2,3)35-24-27-37(28-25-35)60-53-41(29-31-48-50(53)39-19-11-14-22-47(39)62-48)51-52-45(33-43-38-18-10-13-21-46(38)63-55(43)51)61(54-40-20-12-15-23-49(40)64-56(54)59-52)44-30-26-36(58(4,5)6)32-42(44)34-16-8-7-9-17-34/h7-33,59-60H,1-6H3. The molecule has 64 heavy (non-hydrogen) atoms. The van der Waals surface area contributed by atoms with Gasteiger partial charge in [0.25, 0.3) is 0 Å². The number of thiophene rings is 1. The van der Waals surface area contributed by atoms with E-state index in [2.05, 4.69) is 209 Å². The number of nitrogens with one attached hydrogen (secondary N) is 1. The monoisotopic (exact) mass is 846 g/mol. The molecule has 3 aromatic heterocycles. The zero-order chi connectivity index (χ0) is 43.5. The van der Waals surface area contributed by atoms with E-state index >= 15 is 0 Å². The normalized spacial score (nSPS) is 12.9. The Labute approximate surface area is 378 Å². The number of anilines is 5. The lowest BCUT2D eigenvalue weighted by molar-refractivity contribution is 0.590. The van der Waals surface area contributed by atoms with Gasteiger partial charge in [-0.2, -0.15) is 0 Å². The van der Waals surface area contributed by atoms with Crippen LogP contribution in [0.2, 0.25) is 0 Å². The predicted octanol–water partition coefficient (Wildman–Crippen LogP) is 15.5. The van der Waals surface area contributed by atoms with Gasteiger partial charge in [-0.05, 0) is 98.4 Å². The molecule has 4 nitrogen and oxygen atoms in total. The summed E-state index contributed by atoms with van der Waals surface area (Å²) in [6.45, 7) is 13.7. The fourth-order valence-electron chi connectivity index (χ4n) is 9.92. The maximum absolute atomic E-state index is 7.11. The van der Waals surface area contributed by atoms with Gasteiger partial charge in [0.2, 0.25) is 7.28 Å². The van der Waals surface area contributed by atoms with Crippen molar-refractivity contribution in [2.24, 2.45) is 0 Å². The minimum absolute atomic E-state index is 0.0330. The molecule has 0 unspecified atom stereocenters. The van der Waals surface area contributed by atoms with Gasteiger partial charge in [0.1, 0.15) is 22.3 Å². The SMILES string of the molecule is CC(C)(C)c1ccc(Nc2c(-c3c4c(cc5c3oc3ccccc35)N(c3ccc(C(C)(C)C)cc3-c3ccccc3)c3c(sc5ccccc35)B4)ccc3oc4ccccc4c23)cc1. The third-order valence-electron chi connectivity index (χ3n) is 13.2. The molecule has 1 aliphatic rings.